The van der Waals surface area contributed by atoms with Crippen molar-refractivity contribution >= 4 is 10.9 Å². The van der Waals surface area contributed by atoms with Crippen LogP contribution in [0.1, 0.15) is 5.56 Å². The summed E-state index contributed by atoms with van der Waals surface area (Å²) in [5.41, 5.74) is 5.47. The van der Waals surface area contributed by atoms with E-state index in [-0.39, 0.29) is 5.75 Å². The Morgan fingerprint density at radius 3 is 2.71 bits per heavy atom. The molecule has 0 radical (unpaired) electrons. The third kappa shape index (κ3) is 2.71. The minimum atomic E-state index is -4.66. The first-order chi connectivity index (χ1) is 7.99. The van der Waals surface area contributed by atoms with Crippen molar-refractivity contribution in [1.82, 2.24) is 4.98 Å². The van der Waals surface area contributed by atoms with E-state index in [0.717, 1.165) is 22.9 Å². The van der Waals surface area contributed by atoms with Crippen LogP contribution in [0.4, 0.5) is 13.2 Å². The molecule has 1 heterocycles. The van der Waals surface area contributed by atoms with Gasteiger partial charge in [-0.25, -0.2) is 0 Å². The van der Waals surface area contributed by atoms with E-state index in [1.165, 1.54) is 12.1 Å². The van der Waals surface area contributed by atoms with Gasteiger partial charge in [-0.15, -0.1) is 13.2 Å². The summed E-state index contributed by atoms with van der Waals surface area (Å²) in [6, 6.07) is 4.26. The van der Waals surface area contributed by atoms with Crippen LogP contribution in [0.2, 0.25) is 0 Å². The highest BCUT2D eigenvalue weighted by Gasteiger charge is 2.31. The lowest BCUT2D eigenvalue weighted by Crippen LogP contribution is -2.51. The van der Waals surface area contributed by atoms with Gasteiger partial charge in [-0.2, -0.15) is 0 Å². The zero-order chi connectivity index (χ0) is 12.5. The van der Waals surface area contributed by atoms with Gasteiger partial charge in [0.25, 0.3) is 0 Å². The van der Waals surface area contributed by atoms with Gasteiger partial charge in [0.1, 0.15) is 5.75 Å². The average molecular weight is 245 g/mol. The van der Waals surface area contributed by atoms with Crippen LogP contribution < -0.4 is 10.5 Å². The number of H-pyrrole nitrogens is 1. The molecule has 4 N–H and O–H groups in total. The van der Waals surface area contributed by atoms with Crippen molar-refractivity contribution in [3.63, 3.8) is 0 Å². The number of rotatable bonds is 3. The molecule has 17 heavy (non-hydrogen) atoms. The van der Waals surface area contributed by atoms with Crippen LogP contribution in [0.25, 0.3) is 10.9 Å². The lowest BCUT2D eigenvalue weighted by atomic mass is 10.1. The summed E-state index contributed by atoms with van der Waals surface area (Å²) in [5.74, 6) is -0.199. The Morgan fingerprint density at radius 2 is 2.06 bits per heavy atom. The summed E-state index contributed by atoms with van der Waals surface area (Å²) in [6.07, 6.45) is -2.15. The molecule has 0 bridgehead atoms. The highest BCUT2D eigenvalue weighted by Crippen LogP contribution is 2.28. The van der Waals surface area contributed by atoms with Gasteiger partial charge in [0.2, 0.25) is 0 Å². The minimum absolute atomic E-state index is 0.199. The van der Waals surface area contributed by atoms with Gasteiger partial charge in [-0.1, -0.05) is 0 Å². The normalized spacial score (nSPS) is 12.0. The summed E-state index contributed by atoms with van der Waals surface area (Å²) in [6.45, 7) is 0.692. The fourth-order valence-corrected chi connectivity index (χ4v) is 1.75. The number of aromatic nitrogens is 1. The van der Waals surface area contributed by atoms with E-state index in [0.29, 0.717) is 6.54 Å². The molecule has 0 fully saturated rings. The quantitative estimate of drug-likeness (QED) is 0.851. The van der Waals surface area contributed by atoms with Crippen molar-refractivity contribution in [2.45, 2.75) is 12.8 Å². The van der Waals surface area contributed by atoms with E-state index in [1.54, 1.807) is 12.3 Å². The Balaban J connectivity index is 2.37. The number of ether oxygens (including phenoxy) is 1. The average Bonchev–Trinajstić information content (AvgIpc) is 2.59. The largest absolute Gasteiger partial charge is 0.573 e. The Morgan fingerprint density at radius 1 is 1.29 bits per heavy atom. The number of fused-ring (bicyclic) bond motifs is 1. The molecular weight excluding hydrogens is 233 g/mol. The van der Waals surface area contributed by atoms with Gasteiger partial charge < -0.3 is 15.5 Å². The summed E-state index contributed by atoms with van der Waals surface area (Å²) in [5, 5.41) is 0.746. The van der Waals surface area contributed by atoms with Crippen LogP contribution in [0.3, 0.4) is 0 Å². The van der Waals surface area contributed by atoms with Crippen LogP contribution >= 0.6 is 0 Å². The molecule has 0 aliphatic carbocycles. The predicted octanol–water partition coefficient (Wildman–Crippen LogP) is 1.85. The van der Waals surface area contributed by atoms with Gasteiger partial charge in [0.05, 0.1) is 6.54 Å². The fourth-order valence-electron chi connectivity index (χ4n) is 1.75. The molecule has 0 unspecified atom stereocenters. The first-order valence-corrected chi connectivity index (χ1v) is 5.14. The highest BCUT2D eigenvalue weighted by atomic mass is 19.4. The van der Waals surface area contributed by atoms with E-state index in [2.05, 4.69) is 15.5 Å². The first-order valence-electron chi connectivity index (χ1n) is 5.14. The van der Waals surface area contributed by atoms with E-state index >= 15 is 0 Å². The number of hydrogen-bond acceptors (Lipinski definition) is 1. The molecule has 2 rings (SSSR count). The maximum Gasteiger partial charge on any atom is 0.573 e. The van der Waals surface area contributed by atoms with Crippen molar-refractivity contribution in [2.75, 3.05) is 6.54 Å². The maximum atomic E-state index is 12.1. The molecule has 0 saturated carbocycles. The molecule has 0 aliphatic rings. The predicted molar refractivity (Wildman–Crippen MR) is 56.4 cm³/mol. The lowest BCUT2D eigenvalue weighted by Gasteiger charge is -2.08. The van der Waals surface area contributed by atoms with Gasteiger partial charge in [-0.3, -0.25) is 0 Å². The number of quaternary nitrogens is 1. The third-order valence-electron chi connectivity index (χ3n) is 2.42. The van der Waals surface area contributed by atoms with Crippen LogP contribution in [0, 0.1) is 0 Å². The second kappa shape index (κ2) is 4.29. The molecule has 0 spiro atoms. The molecule has 1 aromatic heterocycles. The maximum absolute atomic E-state index is 12.1. The number of alkyl halides is 3. The zero-order valence-electron chi connectivity index (χ0n) is 8.97. The molecular formula is C11H12F3N2O+. The monoisotopic (exact) mass is 245 g/mol. The summed E-state index contributed by atoms with van der Waals surface area (Å²) in [7, 11) is 0. The minimum Gasteiger partial charge on any atom is -0.406 e. The smallest absolute Gasteiger partial charge is 0.406 e. The van der Waals surface area contributed by atoms with Crippen molar-refractivity contribution in [1.29, 1.82) is 0 Å². The molecule has 92 valence electrons. The van der Waals surface area contributed by atoms with E-state index < -0.39 is 6.36 Å². The Kier molecular flexibility index (Phi) is 2.97. The van der Waals surface area contributed by atoms with Crippen LogP contribution in [-0.4, -0.2) is 17.9 Å². The van der Waals surface area contributed by atoms with Crippen molar-refractivity contribution in [2.24, 2.45) is 0 Å². The molecule has 6 heteroatoms. The SMILES string of the molecule is [NH3+]CCc1c[nH]c2ccc(OC(F)(F)F)cc12. The van der Waals surface area contributed by atoms with Gasteiger partial charge in [0, 0.05) is 23.5 Å². The summed E-state index contributed by atoms with van der Waals surface area (Å²) < 4.78 is 40.1. The number of benzene rings is 1. The molecule has 0 amide bonds. The third-order valence-corrected chi connectivity index (χ3v) is 2.42. The molecule has 3 nitrogen and oxygen atoms in total. The topological polar surface area (TPSA) is 52.7 Å². The second-order valence-electron chi connectivity index (χ2n) is 3.67. The van der Waals surface area contributed by atoms with E-state index in [4.69, 9.17) is 0 Å². The van der Waals surface area contributed by atoms with Crippen LogP contribution in [0.5, 0.6) is 5.75 Å². The summed E-state index contributed by atoms with van der Waals surface area (Å²) >= 11 is 0. The Bertz CT molecular complexity index is 519. The fraction of sp³-hybridized carbons (Fsp3) is 0.273. The molecule has 2 aromatic rings. The molecule has 1 aromatic carbocycles. The van der Waals surface area contributed by atoms with E-state index in [9.17, 15) is 13.2 Å². The highest BCUT2D eigenvalue weighted by molar-refractivity contribution is 5.84. The standard InChI is InChI=1S/C11H11F3N2O/c12-11(13,14)17-8-1-2-10-9(5-8)7(3-4-15)6-16-10/h1-2,5-6,16H,3-4,15H2/p+1. The first kappa shape index (κ1) is 11.8. The van der Waals surface area contributed by atoms with Crippen molar-refractivity contribution in [3.05, 3.63) is 30.0 Å². The van der Waals surface area contributed by atoms with E-state index in [1.807, 2.05) is 0 Å². The van der Waals surface area contributed by atoms with Gasteiger partial charge in [0.15, 0.2) is 0 Å². The van der Waals surface area contributed by atoms with Gasteiger partial charge >= 0.3 is 6.36 Å². The van der Waals surface area contributed by atoms with Crippen LogP contribution in [0.15, 0.2) is 24.4 Å². The number of nitrogens with one attached hydrogen (secondary N) is 1. The number of halogens is 3. The van der Waals surface area contributed by atoms with Crippen molar-refractivity contribution in [3.8, 4) is 5.75 Å². The number of hydrogen-bond donors (Lipinski definition) is 2. The van der Waals surface area contributed by atoms with Gasteiger partial charge in [-0.05, 0) is 23.8 Å². The molecule has 0 aliphatic heterocycles. The Labute approximate surface area is 95.4 Å². The lowest BCUT2D eigenvalue weighted by molar-refractivity contribution is -0.366. The summed E-state index contributed by atoms with van der Waals surface area (Å²) in [4.78, 5) is 3.00. The Hall–Kier alpha value is -1.69. The number of aromatic amines is 1. The zero-order valence-corrected chi connectivity index (χ0v) is 8.97. The van der Waals surface area contributed by atoms with Crippen molar-refractivity contribution < 1.29 is 23.6 Å². The second-order valence-corrected chi connectivity index (χ2v) is 3.67. The molecule has 0 saturated heterocycles. The van der Waals surface area contributed by atoms with Crippen LogP contribution in [-0.2, 0) is 6.42 Å². The molecule has 0 atom stereocenters.